The van der Waals surface area contributed by atoms with Crippen LogP contribution < -0.4 is 5.46 Å². The van der Waals surface area contributed by atoms with Crippen LogP contribution in [0.2, 0.25) is 5.02 Å². The van der Waals surface area contributed by atoms with E-state index in [1.807, 2.05) is 12.1 Å². The van der Waals surface area contributed by atoms with Gasteiger partial charge in [-0.05, 0) is 215 Å². The lowest BCUT2D eigenvalue weighted by Crippen LogP contribution is -2.41. The summed E-state index contributed by atoms with van der Waals surface area (Å²) in [6, 6.07) is 131. The van der Waals surface area contributed by atoms with Crippen molar-refractivity contribution < 1.29 is 9.31 Å². The van der Waals surface area contributed by atoms with Crippen molar-refractivity contribution in [3.8, 4) is 77.9 Å². The van der Waals surface area contributed by atoms with E-state index >= 15 is 0 Å². The smallest absolute Gasteiger partial charge is 0.399 e. The molecule has 1 aliphatic rings. The van der Waals surface area contributed by atoms with Gasteiger partial charge < -0.3 is 9.31 Å². The van der Waals surface area contributed by atoms with Gasteiger partial charge in [-0.15, -0.1) is 0 Å². The van der Waals surface area contributed by atoms with Gasteiger partial charge in [-0.25, -0.2) is 0 Å². The molecule has 1 aliphatic heterocycles. The van der Waals surface area contributed by atoms with E-state index in [4.69, 9.17) is 20.9 Å². The van der Waals surface area contributed by atoms with E-state index < -0.39 is 0 Å². The Balaban J connectivity index is 0.000000120. The standard InChI is InChI=1S/C46H30.C30H19Cl.C22H23BO2/c1-3-14-31(15-4-1)35-23-12-26-39-37(24-13-25-38(35)39)34-28-29-43-44(30-34)46(40-27-11-19-32-16-7-8-20-36(32)40)42-22-10-9-21-41(42)45(43)33-17-5-2-6-18-33;31-22-17-18-27-28(19-22)30(24-16-8-12-20-9-4-5-13-23(20)24)26-15-7-6-14-25(26)29(27)21-10-2-1-3-11-21;1-21(2)22(3,4)25-23(24-21)20-15-9-13-18-17(12-8-14-19(18)20)16-10-6-5-7-11-16/h1-30H;1-19H;5-15H,1-4H3. The van der Waals surface area contributed by atoms with Crippen LogP contribution in [0.1, 0.15) is 27.7 Å². The fraction of sp³-hybridized carbons (Fsp3) is 0.0612. The van der Waals surface area contributed by atoms with Gasteiger partial charge in [0.15, 0.2) is 0 Å². The molecule has 0 N–H and O–H groups in total. The lowest BCUT2D eigenvalue weighted by molar-refractivity contribution is 0.00578. The minimum Gasteiger partial charge on any atom is -0.399 e. The molecule has 102 heavy (non-hydrogen) atoms. The first kappa shape index (κ1) is 63.7. The summed E-state index contributed by atoms with van der Waals surface area (Å²) in [5.74, 6) is 0. The molecule has 2 nitrogen and oxygen atoms in total. The van der Waals surface area contributed by atoms with Crippen LogP contribution in [-0.2, 0) is 9.31 Å². The molecule has 18 aromatic carbocycles. The zero-order valence-electron chi connectivity index (χ0n) is 57.4. The summed E-state index contributed by atoms with van der Waals surface area (Å²) in [5, 5.41) is 20.7. The minimum atomic E-state index is -0.347. The zero-order chi connectivity index (χ0) is 68.9. The van der Waals surface area contributed by atoms with Gasteiger partial charge in [-0.1, -0.05) is 357 Å². The van der Waals surface area contributed by atoms with Gasteiger partial charge in [-0.2, -0.15) is 0 Å². The number of benzene rings is 18. The number of hydrogen-bond donors (Lipinski definition) is 0. The van der Waals surface area contributed by atoms with Crippen molar-refractivity contribution in [2.45, 2.75) is 38.9 Å². The highest BCUT2D eigenvalue weighted by atomic mass is 35.5. The fourth-order valence-electron chi connectivity index (χ4n) is 15.6. The largest absolute Gasteiger partial charge is 0.495 e. The summed E-state index contributed by atoms with van der Waals surface area (Å²) >= 11 is 6.55. The topological polar surface area (TPSA) is 18.5 Å². The van der Waals surface area contributed by atoms with Crippen LogP contribution in [0, 0.1) is 0 Å². The number of fused-ring (bicyclic) bond motifs is 8. The Morgan fingerprint density at radius 1 is 0.216 bits per heavy atom. The summed E-state index contributed by atoms with van der Waals surface area (Å²) in [7, 11) is -0.347. The molecule has 486 valence electrons. The van der Waals surface area contributed by atoms with Gasteiger partial charge in [0.25, 0.3) is 0 Å². The Labute approximate surface area is 601 Å². The molecule has 4 heteroatoms. The molecule has 0 aliphatic carbocycles. The minimum absolute atomic E-state index is 0.336. The molecule has 0 bridgehead atoms. The van der Waals surface area contributed by atoms with Gasteiger partial charge in [0, 0.05) is 5.02 Å². The maximum absolute atomic E-state index is 6.55. The predicted octanol–water partition coefficient (Wildman–Crippen LogP) is 26.9. The number of halogens is 1. The van der Waals surface area contributed by atoms with E-state index in [9.17, 15) is 0 Å². The fourth-order valence-corrected chi connectivity index (χ4v) is 15.8. The van der Waals surface area contributed by atoms with E-state index in [0.29, 0.717) is 0 Å². The van der Waals surface area contributed by atoms with E-state index in [0.717, 1.165) is 10.5 Å². The van der Waals surface area contributed by atoms with Crippen LogP contribution in [0.3, 0.4) is 0 Å². The van der Waals surface area contributed by atoms with Crippen molar-refractivity contribution in [3.05, 3.63) is 369 Å². The first-order valence-corrected chi connectivity index (χ1v) is 35.6. The van der Waals surface area contributed by atoms with E-state index in [-0.39, 0.29) is 18.3 Å². The molecule has 1 saturated heterocycles. The summed E-state index contributed by atoms with van der Waals surface area (Å²) < 4.78 is 12.6. The molecular formula is C98H72BClO2. The van der Waals surface area contributed by atoms with Crippen molar-refractivity contribution in [2.75, 3.05) is 0 Å². The van der Waals surface area contributed by atoms with Crippen molar-refractivity contribution >= 4 is 110 Å². The third kappa shape index (κ3) is 11.6. The monoisotopic (exact) mass is 1330 g/mol. The highest BCUT2D eigenvalue weighted by molar-refractivity contribution is 6.65. The average Bonchev–Trinajstić information content (AvgIpc) is 0.954. The van der Waals surface area contributed by atoms with E-state index in [2.05, 4.69) is 380 Å². The third-order valence-corrected chi connectivity index (χ3v) is 21.4. The molecule has 0 spiro atoms. The van der Waals surface area contributed by atoms with Crippen LogP contribution in [0.15, 0.2) is 364 Å². The molecule has 19 rings (SSSR count). The highest BCUT2D eigenvalue weighted by Gasteiger charge is 2.52. The summed E-state index contributed by atoms with van der Waals surface area (Å²) in [6.45, 7) is 8.36. The molecule has 0 amide bonds. The van der Waals surface area contributed by atoms with Gasteiger partial charge in [0.1, 0.15) is 0 Å². The van der Waals surface area contributed by atoms with Crippen molar-refractivity contribution in [1.82, 2.24) is 0 Å². The van der Waals surface area contributed by atoms with Crippen LogP contribution in [-0.4, -0.2) is 18.3 Å². The molecule has 1 fully saturated rings. The third-order valence-electron chi connectivity index (χ3n) is 21.1. The second kappa shape index (κ2) is 26.8. The average molecular weight is 1330 g/mol. The zero-order valence-corrected chi connectivity index (χ0v) is 58.2. The van der Waals surface area contributed by atoms with Gasteiger partial charge >= 0.3 is 7.12 Å². The lowest BCUT2D eigenvalue weighted by atomic mass is 9.75. The number of rotatable bonds is 8. The second-order valence-corrected chi connectivity index (χ2v) is 28.0. The molecule has 0 unspecified atom stereocenters. The SMILES string of the molecule is CC1(C)OB(c2cccc3c(-c4ccccc4)cccc23)OC1(C)C.Clc1ccc2c(-c3ccccc3)c3ccccc3c(-c3cccc4ccccc34)c2c1.c1ccc(-c2cccc3c(-c4ccc5c(-c6ccccc6)c6ccccc6c(-c6cccc7ccccc67)c5c4)cccc23)cc1. The van der Waals surface area contributed by atoms with Crippen molar-refractivity contribution in [1.29, 1.82) is 0 Å². The maximum atomic E-state index is 6.55. The van der Waals surface area contributed by atoms with Crippen LogP contribution in [0.5, 0.6) is 0 Å². The summed E-state index contributed by atoms with van der Waals surface area (Å²) in [6.07, 6.45) is 0. The number of hydrogen-bond acceptors (Lipinski definition) is 2. The Morgan fingerprint density at radius 2 is 0.520 bits per heavy atom. The van der Waals surface area contributed by atoms with Gasteiger partial charge in [0.05, 0.1) is 11.2 Å². The van der Waals surface area contributed by atoms with Gasteiger partial charge in [0.2, 0.25) is 0 Å². The first-order valence-electron chi connectivity index (χ1n) is 35.2. The van der Waals surface area contributed by atoms with E-state index in [1.54, 1.807) is 0 Å². The van der Waals surface area contributed by atoms with E-state index in [1.165, 1.54) is 164 Å². The van der Waals surface area contributed by atoms with Crippen LogP contribution in [0.25, 0.3) is 164 Å². The summed E-state index contributed by atoms with van der Waals surface area (Å²) in [5.41, 5.74) is 17.9. The Bertz CT molecular complexity index is 6180. The van der Waals surface area contributed by atoms with Crippen LogP contribution in [0.4, 0.5) is 0 Å². The quantitative estimate of drug-likeness (QED) is 0.112. The lowest BCUT2D eigenvalue weighted by Gasteiger charge is -2.32. The Kier molecular flexibility index (Phi) is 16.7. The predicted molar refractivity (Wildman–Crippen MR) is 438 cm³/mol. The first-order chi connectivity index (χ1) is 50.0. The molecular weight excluding hydrogens is 1260 g/mol. The van der Waals surface area contributed by atoms with Crippen molar-refractivity contribution in [2.24, 2.45) is 0 Å². The van der Waals surface area contributed by atoms with Crippen molar-refractivity contribution in [3.63, 3.8) is 0 Å². The molecule has 0 aromatic heterocycles. The maximum Gasteiger partial charge on any atom is 0.495 e. The molecule has 1 heterocycles. The highest BCUT2D eigenvalue weighted by Crippen LogP contribution is 2.49. The normalized spacial score (nSPS) is 13.2. The Morgan fingerprint density at radius 3 is 0.980 bits per heavy atom. The van der Waals surface area contributed by atoms with Gasteiger partial charge in [-0.3, -0.25) is 0 Å². The molecule has 0 radical (unpaired) electrons. The molecule has 0 saturated carbocycles. The Hall–Kier alpha value is -11.7. The van der Waals surface area contributed by atoms with Crippen LogP contribution >= 0.6 is 11.6 Å². The summed E-state index contributed by atoms with van der Waals surface area (Å²) in [4.78, 5) is 0. The second-order valence-electron chi connectivity index (χ2n) is 27.6. The molecule has 18 aromatic rings. The molecule has 0 atom stereocenters.